The van der Waals surface area contributed by atoms with Gasteiger partial charge in [-0.2, -0.15) is 0 Å². The summed E-state index contributed by atoms with van der Waals surface area (Å²) >= 11 is -97.4. The van der Waals surface area contributed by atoms with Crippen LogP contribution in [0.15, 0.2) is 30.6 Å². The number of aromatic amines is 1. The van der Waals surface area contributed by atoms with Crippen LogP contribution >= 0.6 is 7.82 Å². The Labute approximate surface area is 465 Å². The van der Waals surface area contributed by atoms with Gasteiger partial charge < -0.3 is 0 Å². The molecule has 0 aromatic carbocycles. The minimum absolute atomic E-state index is 0.0304. The van der Waals surface area contributed by atoms with Gasteiger partial charge in [-0.1, -0.05) is 38.7 Å². The number of rotatable bonds is 40. The zero-order valence-electron chi connectivity index (χ0n) is 36.7. The van der Waals surface area contributed by atoms with E-state index >= 15 is 0 Å². The van der Waals surface area contributed by atoms with Crippen molar-refractivity contribution < 1.29 is 331 Å². The van der Waals surface area contributed by atoms with Crippen molar-refractivity contribution in [3.05, 3.63) is 30.6 Å². The fraction of sp³-hybridized carbons (Fsp3) is 0.762. The molecule has 0 amide bonds. The van der Waals surface area contributed by atoms with Gasteiger partial charge in [0, 0.05) is 12.1 Å². The van der Waals surface area contributed by atoms with Crippen molar-refractivity contribution in [3.8, 4) is 0 Å². The van der Waals surface area contributed by atoms with E-state index < -0.39 is 215 Å². The second-order valence-corrected chi connectivity index (χ2v) is 63.0. The van der Waals surface area contributed by atoms with Crippen molar-refractivity contribution in [1.29, 1.82) is 0 Å². The van der Waals surface area contributed by atoms with E-state index in [1.165, 1.54) is 19.3 Å². The van der Waals surface area contributed by atoms with E-state index in [1.54, 1.807) is 0 Å². The molecule has 0 aliphatic carbocycles. The molecule has 1 heterocycles. The molecule has 0 bridgehead atoms. The SMILES string of the molecule is CCCCCCCCCCCCCCCC[O][Mo](=[O])(=[O])[O][Mo](=[O])(=[O])[O][Mo](=[O])(=[O])[O][Mo](=[O])(=[O])[O]P(=O)([O][Mo](=[O])(=[O])[O][Mo](=[O])(=[O])[O][Mo](=[O])(=[O])[O][Mo](=[O])(=[O])[OH])[O][Mo](=[O])(=[O])[O][Mo](=[O])(=[O])[O][Mo](=[O])(=[O])[O][Mo](=[O])(=[O])[OH].c1cc[nH+]cc1. The van der Waals surface area contributed by atoms with Crippen LogP contribution in [0.2, 0.25) is 0 Å². The molecule has 0 radical (unpaired) electrons. The van der Waals surface area contributed by atoms with Crippen LogP contribution in [-0.2, 0) is 318 Å². The Balaban J connectivity index is 0.00000845. The minimum Gasteiger partial charge on any atom is -0.218 e. The molecule has 0 fully saturated rings. The first kappa shape index (κ1) is 77.2. The Kier molecular flexibility index (Phi) is 34.1. The third-order valence-corrected chi connectivity index (χ3v) is 67.9. The fourth-order valence-electron chi connectivity index (χ4n) is 4.22. The van der Waals surface area contributed by atoms with Gasteiger partial charge in [-0.25, -0.2) is 4.98 Å². The van der Waals surface area contributed by atoms with Gasteiger partial charge in [-0.15, -0.1) is 0 Å². The molecule has 446 valence electrons. The number of unbranched alkanes of at least 4 members (excludes halogenated alkanes) is 13. The predicted octanol–water partition coefficient (Wildman–Crippen LogP) is 2.38. The van der Waals surface area contributed by atoms with E-state index in [9.17, 15) is 86.1 Å². The first-order valence-corrected chi connectivity index (χ1v) is 59.6. The summed E-state index contributed by atoms with van der Waals surface area (Å²) in [5, 5.41) is 0. The Morgan fingerprint density at radius 1 is 0.333 bits per heavy atom. The molecule has 1 aromatic heterocycles. The normalized spacial score (nSPS) is 14.2. The quantitative estimate of drug-likeness (QED) is 0.0541. The number of hydrogen-bond acceptors (Lipinski definition) is 38. The van der Waals surface area contributed by atoms with E-state index in [0.717, 1.165) is 51.4 Å². The molecule has 0 aliphatic heterocycles. The molecule has 0 saturated heterocycles. The van der Waals surface area contributed by atoms with Gasteiger partial charge in [0.15, 0.2) is 12.4 Å². The minimum atomic E-state index is -8.83. The molecule has 0 spiro atoms. The van der Waals surface area contributed by atoms with Crippen LogP contribution in [0.3, 0.4) is 0 Å². The van der Waals surface area contributed by atoms with Crippen LogP contribution in [0.5, 0.6) is 0 Å². The van der Waals surface area contributed by atoms with Gasteiger partial charge in [0.25, 0.3) is 0 Å². The molecule has 75 heavy (non-hydrogen) atoms. The van der Waals surface area contributed by atoms with Crippen molar-refractivity contribution in [2.24, 2.45) is 0 Å². The zero-order valence-corrected chi connectivity index (χ0v) is 61.7. The van der Waals surface area contributed by atoms with Crippen LogP contribution < -0.4 is 4.98 Å². The Hall–Kier alpha value is 2.24. The molecule has 0 atom stereocenters. The van der Waals surface area contributed by atoms with Gasteiger partial charge in [0.1, 0.15) is 0 Å². The number of pyridine rings is 1. The summed E-state index contributed by atoms with van der Waals surface area (Å²) in [6, 6.07) is 5.86. The molecular weight excluding hydrogens is 2090 g/mol. The second-order valence-electron chi connectivity index (χ2n) is 12.7. The average molecular weight is 2130 g/mol. The predicted molar refractivity (Wildman–Crippen MR) is 141 cm³/mol. The van der Waals surface area contributed by atoms with E-state index in [1.807, 2.05) is 30.6 Å². The van der Waals surface area contributed by atoms with Crippen LogP contribution in [0.25, 0.3) is 0 Å². The fourth-order valence-corrected chi connectivity index (χ4v) is 64.5. The molecular formula is C21H41Mo12NO40P+. The third kappa shape index (κ3) is 43.5. The van der Waals surface area contributed by atoms with Crippen LogP contribution in [0.1, 0.15) is 96.8 Å². The van der Waals surface area contributed by atoms with Crippen molar-refractivity contribution in [2.45, 2.75) is 96.8 Å². The molecule has 0 saturated carbocycles. The molecule has 0 unspecified atom stereocenters. The molecule has 1 rings (SSSR count). The summed E-state index contributed by atoms with van der Waals surface area (Å²) in [5.74, 6) is 0. The monoisotopic (exact) mass is 2150 g/mol. The largest absolute Gasteiger partial charge is 0.218 e. The van der Waals surface area contributed by atoms with Gasteiger partial charge >= 0.3 is 405 Å². The van der Waals surface area contributed by atoms with Crippen molar-refractivity contribution in [2.75, 3.05) is 6.61 Å². The van der Waals surface area contributed by atoms with Crippen LogP contribution in [0.4, 0.5) is 0 Å². The van der Waals surface area contributed by atoms with Crippen molar-refractivity contribution in [3.63, 3.8) is 0 Å². The summed E-state index contributed by atoms with van der Waals surface area (Å²) in [7, 11) is -7.93. The van der Waals surface area contributed by atoms with E-state index in [2.05, 4.69) is 43.2 Å². The number of aromatic nitrogens is 1. The van der Waals surface area contributed by atoms with Crippen molar-refractivity contribution >= 4 is 7.82 Å². The second kappa shape index (κ2) is 33.1. The van der Waals surface area contributed by atoms with Crippen LogP contribution in [-0.4, -0.2) is 14.1 Å². The van der Waals surface area contributed by atoms with Crippen LogP contribution in [0, 0.1) is 0 Å². The summed E-state index contributed by atoms with van der Waals surface area (Å²) in [6.07, 6.45) is 16.2. The summed E-state index contributed by atoms with van der Waals surface area (Å²) in [6.45, 7) is 1.37. The average Bonchev–Trinajstić information content (AvgIpc) is 3.10. The van der Waals surface area contributed by atoms with E-state index in [0.29, 0.717) is 12.8 Å². The topological polar surface area (TPSA) is 601 Å². The van der Waals surface area contributed by atoms with Gasteiger partial charge in [0.05, 0.1) is 0 Å². The van der Waals surface area contributed by atoms with Gasteiger partial charge in [0.2, 0.25) is 0 Å². The maximum atomic E-state index is 13.1. The smallest absolute Gasteiger partial charge is 0.166 e. The first-order chi connectivity index (χ1) is 33.5. The van der Waals surface area contributed by atoms with E-state index in [4.69, 9.17) is 7.52 Å². The Morgan fingerprint density at radius 2 is 0.573 bits per heavy atom. The number of H-pyrrole nitrogens is 1. The first-order valence-electron chi connectivity index (χ1n) is 18.7. The summed E-state index contributed by atoms with van der Waals surface area (Å²) in [4.78, 5) is 2.89. The van der Waals surface area contributed by atoms with E-state index in [-0.39, 0.29) is 6.42 Å². The van der Waals surface area contributed by atoms with Gasteiger partial charge in [-0.3, -0.25) is 0 Å². The number of phosphoric acid groups is 1. The maximum absolute atomic E-state index is 13.1. The zero-order chi connectivity index (χ0) is 58.5. The third-order valence-electron chi connectivity index (χ3n) is 6.39. The standard InChI is InChI=1S/C16H33O.C5H5N.12Mo.H3O4P.2H2O.33O/c1-2-3-4-5-6-7-8-9-10-11-12-13-14-15-16-17;1-2-4-6-5-3-1;;;;;;;;;;;;;1-5(2,3)4;;;;;;;;;;;;;;;;;;;;;;;;;;;;;;;;;;;/h2-16H2,1H3;1-5H;;;;;;;;;;;;;(H3,1,2,3,4);2*1H2;;;;;;;;;;;;;;;;;;;;;;;;;;;;;;;;;/q-1;;;;;;;;6*+1;;;;;;;;;;;;;;;;;;;;;;;;;;;;;;;;;;;;/p-4. The molecule has 1 aromatic rings. The molecule has 41 nitrogen and oxygen atoms in total. The van der Waals surface area contributed by atoms with Gasteiger partial charge in [-0.05, 0) is 0 Å². The summed E-state index contributed by atoms with van der Waals surface area (Å²) < 4.78 is 355. The summed E-state index contributed by atoms with van der Waals surface area (Å²) in [5.41, 5.74) is 0. The molecule has 3 N–H and O–H groups in total. The molecule has 54 heteroatoms. The Morgan fingerprint density at radius 3 is 0.813 bits per heavy atom. The van der Waals surface area contributed by atoms with Crippen molar-refractivity contribution in [1.82, 2.24) is 0 Å². The number of hydrogen-bond donors (Lipinski definition) is 2. The Bertz CT molecular complexity index is 3290. The number of nitrogens with one attached hydrogen (secondary N) is 1. The maximum Gasteiger partial charge on any atom is 0.166 e. The molecule has 0 aliphatic rings.